The zero-order chi connectivity index (χ0) is 20.9. The predicted molar refractivity (Wildman–Crippen MR) is 109 cm³/mol. The molecular weight excluding hydrogens is 387 g/mol. The lowest BCUT2D eigenvalue weighted by Crippen LogP contribution is -2.50. The van der Waals surface area contributed by atoms with Gasteiger partial charge in [0.2, 0.25) is 17.6 Å². The number of piperidine rings is 1. The lowest BCUT2D eigenvalue weighted by molar-refractivity contribution is -0.122. The number of carbonyl (C=O) groups excluding carboxylic acids is 1. The Morgan fingerprint density at radius 3 is 3.00 bits per heavy atom. The first kappa shape index (κ1) is 20.1. The third-order valence-corrected chi connectivity index (χ3v) is 5.30. The molecule has 1 fully saturated rings. The summed E-state index contributed by atoms with van der Waals surface area (Å²) >= 11 is 0. The molecule has 1 aliphatic heterocycles. The Labute approximate surface area is 174 Å². The highest BCUT2D eigenvalue weighted by Gasteiger charge is 2.30. The normalized spacial score (nSPS) is 16.6. The van der Waals surface area contributed by atoms with Crippen LogP contribution in [0.3, 0.4) is 0 Å². The average Bonchev–Trinajstić information content (AvgIpc) is 3.43. The zero-order valence-electron chi connectivity index (χ0n) is 16.9. The Hall–Kier alpha value is -3.23. The van der Waals surface area contributed by atoms with Crippen molar-refractivity contribution in [2.24, 2.45) is 0 Å². The number of carbonyl (C=O) groups is 1. The molecule has 1 atom stereocenters. The van der Waals surface area contributed by atoms with E-state index >= 15 is 0 Å². The van der Waals surface area contributed by atoms with Crippen LogP contribution in [-0.4, -0.2) is 44.7 Å². The van der Waals surface area contributed by atoms with E-state index in [-0.39, 0.29) is 11.9 Å². The summed E-state index contributed by atoms with van der Waals surface area (Å²) in [7, 11) is 0. The van der Waals surface area contributed by atoms with Crippen molar-refractivity contribution < 1.29 is 13.7 Å². The van der Waals surface area contributed by atoms with E-state index in [2.05, 4.69) is 20.4 Å². The zero-order valence-corrected chi connectivity index (χ0v) is 16.9. The van der Waals surface area contributed by atoms with Gasteiger partial charge in [-0.1, -0.05) is 5.16 Å². The fraction of sp³-hybridized carbons (Fsp3) is 0.429. The SMILES string of the molecule is Cc1nc(-c2ccc(N3CCCCC3C(=O)NCCCn3ccnc3)c(F)c2)no1. The molecule has 3 aromatic rings. The van der Waals surface area contributed by atoms with E-state index in [0.717, 1.165) is 25.8 Å². The molecule has 0 radical (unpaired) electrons. The first-order valence-electron chi connectivity index (χ1n) is 10.2. The van der Waals surface area contributed by atoms with Crippen molar-refractivity contribution in [1.29, 1.82) is 0 Å². The van der Waals surface area contributed by atoms with E-state index < -0.39 is 5.82 Å². The molecule has 2 aromatic heterocycles. The van der Waals surface area contributed by atoms with Gasteiger partial charge in [-0.2, -0.15) is 4.98 Å². The summed E-state index contributed by atoms with van der Waals surface area (Å²) in [5.41, 5.74) is 0.975. The number of aryl methyl sites for hydroxylation is 2. The number of hydrogen-bond donors (Lipinski definition) is 1. The van der Waals surface area contributed by atoms with Crippen LogP contribution >= 0.6 is 0 Å². The minimum Gasteiger partial charge on any atom is -0.357 e. The highest BCUT2D eigenvalue weighted by molar-refractivity contribution is 5.85. The monoisotopic (exact) mass is 412 g/mol. The van der Waals surface area contributed by atoms with Gasteiger partial charge in [0.15, 0.2) is 0 Å². The number of imidazole rings is 1. The van der Waals surface area contributed by atoms with Crippen molar-refractivity contribution in [3.63, 3.8) is 0 Å². The molecule has 0 bridgehead atoms. The largest absolute Gasteiger partial charge is 0.357 e. The van der Waals surface area contributed by atoms with Gasteiger partial charge in [0.25, 0.3) is 0 Å². The predicted octanol–water partition coefficient (Wildman–Crippen LogP) is 2.95. The number of hydrogen-bond acceptors (Lipinski definition) is 6. The first-order valence-corrected chi connectivity index (χ1v) is 10.2. The van der Waals surface area contributed by atoms with Gasteiger partial charge in [-0.25, -0.2) is 9.37 Å². The lowest BCUT2D eigenvalue weighted by atomic mass is 9.99. The van der Waals surface area contributed by atoms with E-state index in [1.165, 1.54) is 6.07 Å². The maximum atomic E-state index is 15.0. The summed E-state index contributed by atoms with van der Waals surface area (Å²) in [6.45, 7) is 3.69. The number of benzene rings is 1. The maximum Gasteiger partial charge on any atom is 0.242 e. The van der Waals surface area contributed by atoms with Crippen molar-refractivity contribution in [3.8, 4) is 11.4 Å². The topological polar surface area (TPSA) is 89.1 Å². The third-order valence-electron chi connectivity index (χ3n) is 5.30. The molecule has 0 saturated carbocycles. The molecule has 0 spiro atoms. The van der Waals surface area contributed by atoms with Crippen molar-refractivity contribution in [1.82, 2.24) is 25.0 Å². The molecule has 4 rings (SSSR count). The molecule has 0 aliphatic carbocycles. The standard InChI is InChI=1S/C21H25FN6O2/c1-15-25-20(26-30-15)16-6-7-18(17(22)13-16)28-11-3-2-5-19(28)21(29)24-8-4-10-27-12-9-23-14-27/h6-7,9,12-14,19H,2-5,8,10-11H2,1H3,(H,24,29). The Morgan fingerprint density at radius 2 is 2.27 bits per heavy atom. The second-order valence-corrected chi connectivity index (χ2v) is 7.45. The van der Waals surface area contributed by atoms with Crippen LogP contribution in [0.1, 0.15) is 31.6 Å². The highest BCUT2D eigenvalue weighted by Crippen LogP contribution is 2.30. The van der Waals surface area contributed by atoms with Crippen LogP contribution in [0, 0.1) is 12.7 Å². The summed E-state index contributed by atoms with van der Waals surface area (Å²) in [6.07, 6.45) is 8.78. The Bertz CT molecular complexity index is 987. The molecule has 1 unspecified atom stereocenters. The molecule has 9 heteroatoms. The number of anilines is 1. The lowest BCUT2D eigenvalue weighted by Gasteiger charge is -2.36. The third kappa shape index (κ3) is 4.50. The fourth-order valence-corrected chi connectivity index (χ4v) is 3.80. The molecule has 30 heavy (non-hydrogen) atoms. The van der Waals surface area contributed by atoms with Crippen LogP contribution in [0.4, 0.5) is 10.1 Å². The minimum absolute atomic E-state index is 0.0578. The fourth-order valence-electron chi connectivity index (χ4n) is 3.80. The number of rotatable bonds is 7. The van der Waals surface area contributed by atoms with Crippen LogP contribution in [0.25, 0.3) is 11.4 Å². The summed E-state index contributed by atoms with van der Waals surface area (Å²) in [6, 6.07) is 4.48. The van der Waals surface area contributed by atoms with Gasteiger partial charge in [0.05, 0.1) is 12.0 Å². The van der Waals surface area contributed by atoms with Gasteiger partial charge >= 0.3 is 0 Å². The van der Waals surface area contributed by atoms with Gasteiger partial charge in [-0.05, 0) is 43.9 Å². The summed E-state index contributed by atoms with van der Waals surface area (Å²) < 4.78 is 21.9. The number of nitrogens with zero attached hydrogens (tertiary/aromatic N) is 5. The Morgan fingerprint density at radius 1 is 1.37 bits per heavy atom. The highest BCUT2D eigenvalue weighted by atomic mass is 19.1. The van der Waals surface area contributed by atoms with Crippen molar-refractivity contribution in [2.45, 2.75) is 45.2 Å². The van der Waals surface area contributed by atoms with Crippen LogP contribution in [-0.2, 0) is 11.3 Å². The maximum absolute atomic E-state index is 15.0. The van der Waals surface area contributed by atoms with Crippen LogP contribution in [0.5, 0.6) is 0 Å². The van der Waals surface area contributed by atoms with E-state index in [1.54, 1.807) is 31.6 Å². The van der Waals surface area contributed by atoms with Crippen molar-refractivity contribution in [2.75, 3.05) is 18.0 Å². The molecule has 3 heterocycles. The second-order valence-electron chi connectivity index (χ2n) is 7.45. The van der Waals surface area contributed by atoms with E-state index in [4.69, 9.17) is 4.52 Å². The average molecular weight is 412 g/mol. The molecule has 1 amide bonds. The van der Waals surface area contributed by atoms with Crippen molar-refractivity contribution >= 4 is 11.6 Å². The first-order chi connectivity index (χ1) is 14.6. The van der Waals surface area contributed by atoms with Crippen LogP contribution in [0.15, 0.2) is 41.4 Å². The summed E-state index contributed by atoms with van der Waals surface area (Å²) in [5.74, 6) is 0.325. The summed E-state index contributed by atoms with van der Waals surface area (Å²) in [5, 5.41) is 6.84. The molecule has 8 nitrogen and oxygen atoms in total. The van der Waals surface area contributed by atoms with Gasteiger partial charge in [0, 0.05) is 44.5 Å². The van der Waals surface area contributed by atoms with Gasteiger partial charge in [0.1, 0.15) is 11.9 Å². The minimum atomic E-state index is -0.394. The quantitative estimate of drug-likeness (QED) is 0.600. The van der Waals surface area contributed by atoms with Gasteiger partial charge in [-0.3, -0.25) is 4.79 Å². The van der Waals surface area contributed by atoms with Gasteiger partial charge in [-0.15, -0.1) is 0 Å². The number of aromatic nitrogens is 4. The van der Waals surface area contributed by atoms with Crippen molar-refractivity contribution in [3.05, 3.63) is 48.6 Å². The van der Waals surface area contributed by atoms with E-state index in [0.29, 0.717) is 42.5 Å². The molecular formula is C21H25FN6O2. The molecule has 1 N–H and O–H groups in total. The number of nitrogens with one attached hydrogen (secondary N) is 1. The Kier molecular flexibility index (Phi) is 6.06. The number of amides is 1. The smallest absolute Gasteiger partial charge is 0.242 e. The van der Waals surface area contributed by atoms with E-state index in [1.807, 2.05) is 15.7 Å². The van der Waals surface area contributed by atoms with Crippen LogP contribution in [0.2, 0.25) is 0 Å². The molecule has 1 aliphatic rings. The summed E-state index contributed by atoms with van der Waals surface area (Å²) in [4.78, 5) is 22.8. The van der Waals surface area contributed by atoms with Crippen LogP contribution < -0.4 is 10.2 Å². The second kappa shape index (κ2) is 9.06. The Balaban J connectivity index is 1.41. The van der Waals surface area contributed by atoms with Gasteiger partial charge < -0.3 is 19.3 Å². The molecule has 158 valence electrons. The van der Waals surface area contributed by atoms with E-state index in [9.17, 15) is 9.18 Å². The number of halogens is 1. The molecule has 1 saturated heterocycles. The molecule has 1 aromatic carbocycles.